The summed E-state index contributed by atoms with van der Waals surface area (Å²) in [5.74, 6) is 2.45. The van der Waals surface area contributed by atoms with Gasteiger partial charge in [0.05, 0.1) is 0 Å². The van der Waals surface area contributed by atoms with Gasteiger partial charge in [-0.3, -0.25) is 0 Å². The van der Waals surface area contributed by atoms with Crippen LogP contribution in [0.3, 0.4) is 0 Å². The maximum absolute atomic E-state index is 2.45. The van der Waals surface area contributed by atoms with E-state index in [-0.39, 0.29) is 0 Å². The van der Waals surface area contributed by atoms with Crippen molar-refractivity contribution in [2.75, 3.05) is 0 Å². The van der Waals surface area contributed by atoms with E-state index in [1.807, 2.05) is 0 Å². The van der Waals surface area contributed by atoms with Crippen molar-refractivity contribution in [3.63, 3.8) is 0 Å². The summed E-state index contributed by atoms with van der Waals surface area (Å²) in [6.45, 7) is 4.73. The van der Waals surface area contributed by atoms with E-state index < -0.39 is 0 Å². The smallest absolute Gasteiger partial charge is 0.0114 e. The van der Waals surface area contributed by atoms with Gasteiger partial charge < -0.3 is 0 Å². The zero-order valence-electron chi connectivity index (χ0n) is 12.7. The lowest BCUT2D eigenvalue weighted by molar-refractivity contribution is 0.406. The molecule has 2 aromatic carbocycles. The first-order valence-electron chi connectivity index (χ1n) is 8.28. The summed E-state index contributed by atoms with van der Waals surface area (Å²) in [5.41, 5.74) is 5.02. The maximum Gasteiger partial charge on any atom is -0.0114 e. The van der Waals surface area contributed by atoms with E-state index in [1.54, 1.807) is 22.1 Å². The fraction of sp³-hybridized carbons (Fsp3) is 0.500. The quantitative estimate of drug-likeness (QED) is 0.643. The normalized spacial score (nSPS) is 24.4. The van der Waals surface area contributed by atoms with Gasteiger partial charge in [-0.1, -0.05) is 44.2 Å². The van der Waals surface area contributed by atoms with Crippen LogP contribution in [0.1, 0.15) is 68.1 Å². The molecule has 2 aliphatic carbocycles. The Kier molecular flexibility index (Phi) is 2.87. The molecule has 2 unspecified atom stereocenters. The third-order valence-electron chi connectivity index (χ3n) is 5.44. The molecule has 0 bridgehead atoms. The van der Waals surface area contributed by atoms with Crippen LogP contribution in [-0.4, -0.2) is 0 Å². The molecule has 0 N–H and O–H groups in total. The van der Waals surface area contributed by atoms with Crippen LogP contribution in [0, 0.1) is 5.92 Å². The van der Waals surface area contributed by atoms with Crippen LogP contribution in [0.15, 0.2) is 30.3 Å². The average molecular weight is 264 g/mol. The molecule has 0 heteroatoms. The first-order chi connectivity index (χ1) is 9.74. The molecule has 0 aliphatic heterocycles. The monoisotopic (exact) mass is 264 g/mol. The van der Waals surface area contributed by atoms with Crippen molar-refractivity contribution in [1.29, 1.82) is 0 Å². The van der Waals surface area contributed by atoms with Crippen LogP contribution in [0.2, 0.25) is 0 Å². The minimum atomic E-state index is 0.803. The first kappa shape index (κ1) is 12.4. The molecule has 4 rings (SSSR count). The third kappa shape index (κ3) is 1.81. The van der Waals surface area contributed by atoms with Crippen molar-refractivity contribution in [3.05, 3.63) is 47.0 Å². The summed E-state index contributed by atoms with van der Waals surface area (Å²) in [5, 5.41) is 3.09. The highest BCUT2D eigenvalue weighted by atomic mass is 14.4. The van der Waals surface area contributed by atoms with E-state index in [0.29, 0.717) is 0 Å². The lowest BCUT2D eigenvalue weighted by Gasteiger charge is -2.36. The number of aryl methyl sites for hydroxylation is 1. The lowest BCUT2D eigenvalue weighted by atomic mass is 9.68. The van der Waals surface area contributed by atoms with Gasteiger partial charge in [0, 0.05) is 0 Å². The molecule has 0 heterocycles. The van der Waals surface area contributed by atoms with E-state index in [9.17, 15) is 0 Å². The second kappa shape index (κ2) is 4.62. The standard InChI is InChI=1S/C20H24/c1-13(2)12-17-9-8-16-7-6-14-4-3-5-15-10-11-18(17)20(16)19(14)15/h3-5,10-11,13,16-17H,6-9,12H2,1-2H3. The molecule has 2 atom stereocenters. The Bertz CT molecular complexity index is 650. The van der Waals surface area contributed by atoms with Crippen molar-refractivity contribution in [3.8, 4) is 0 Å². The minimum Gasteiger partial charge on any atom is -0.0628 e. The zero-order valence-corrected chi connectivity index (χ0v) is 12.7. The Labute approximate surface area is 122 Å². The van der Waals surface area contributed by atoms with Gasteiger partial charge in [0.15, 0.2) is 0 Å². The molecule has 0 fully saturated rings. The maximum atomic E-state index is 2.45. The van der Waals surface area contributed by atoms with Crippen molar-refractivity contribution < 1.29 is 0 Å². The Morgan fingerprint density at radius 2 is 1.95 bits per heavy atom. The fourth-order valence-electron chi connectivity index (χ4n) is 4.64. The topological polar surface area (TPSA) is 0 Å². The summed E-state index contributed by atoms with van der Waals surface area (Å²) in [4.78, 5) is 0. The molecule has 0 saturated heterocycles. The number of rotatable bonds is 2. The molecule has 104 valence electrons. The summed E-state index contributed by atoms with van der Waals surface area (Å²) in [6, 6.07) is 11.7. The minimum absolute atomic E-state index is 0.803. The highest BCUT2D eigenvalue weighted by molar-refractivity contribution is 5.91. The molecule has 0 aromatic heterocycles. The first-order valence-corrected chi connectivity index (χ1v) is 8.28. The van der Waals surface area contributed by atoms with E-state index in [2.05, 4.69) is 44.2 Å². The van der Waals surface area contributed by atoms with Crippen molar-refractivity contribution in [2.45, 2.75) is 57.8 Å². The molecule has 2 aliphatic rings. The summed E-state index contributed by atoms with van der Waals surface area (Å²) in [6.07, 6.45) is 6.83. The second-order valence-corrected chi connectivity index (χ2v) is 7.22. The number of benzene rings is 2. The van der Waals surface area contributed by atoms with Gasteiger partial charge in [-0.2, -0.15) is 0 Å². The average Bonchev–Trinajstić information content (AvgIpc) is 2.46. The van der Waals surface area contributed by atoms with Crippen molar-refractivity contribution in [2.24, 2.45) is 5.92 Å². The van der Waals surface area contributed by atoms with Gasteiger partial charge in [-0.15, -0.1) is 0 Å². The van der Waals surface area contributed by atoms with E-state index in [1.165, 1.54) is 37.5 Å². The predicted molar refractivity (Wildman–Crippen MR) is 86.4 cm³/mol. The van der Waals surface area contributed by atoms with Crippen LogP contribution in [-0.2, 0) is 6.42 Å². The Balaban J connectivity index is 1.94. The van der Waals surface area contributed by atoms with Gasteiger partial charge in [0.25, 0.3) is 0 Å². The van der Waals surface area contributed by atoms with Crippen LogP contribution in [0.5, 0.6) is 0 Å². The third-order valence-corrected chi connectivity index (χ3v) is 5.44. The van der Waals surface area contributed by atoms with Gasteiger partial charge >= 0.3 is 0 Å². The molecule has 0 spiro atoms. The van der Waals surface area contributed by atoms with Crippen molar-refractivity contribution >= 4 is 10.8 Å². The molecular weight excluding hydrogens is 240 g/mol. The molecular formula is C20H24. The Morgan fingerprint density at radius 1 is 1.05 bits per heavy atom. The van der Waals surface area contributed by atoms with Gasteiger partial charge in [0.1, 0.15) is 0 Å². The molecule has 0 radical (unpaired) electrons. The van der Waals surface area contributed by atoms with Gasteiger partial charge in [0.2, 0.25) is 0 Å². The predicted octanol–water partition coefficient (Wildman–Crippen LogP) is 5.79. The second-order valence-electron chi connectivity index (χ2n) is 7.22. The SMILES string of the molecule is CC(C)CC1CCC2CCc3cccc4ccc1c2c34. The van der Waals surface area contributed by atoms with Crippen molar-refractivity contribution in [1.82, 2.24) is 0 Å². The zero-order chi connectivity index (χ0) is 13.7. The largest absolute Gasteiger partial charge is 0.0628 e. The molecule has 2 aromatic rings. The van der Waals surface area contributed by atoms with Crippen LogP contribution in [0.4, 0.5) is 0 Å². The Morgan fingerprint density at radius 3 is 2.80 bits per heavy atom. The lowest BCUT2D eigenvalue weighted by Crippen LogP contribution is -2.20. The Hall–Kier alpha value is -1.30. The van der Waals surface area contributed by atoms with Gasteiger partial charge in [-0.05, 0) is 77.3 Å². The highest BCUT2D eigenvalue weighted by Crippen LogP contribution is 2.49. The molecule has 0 saturated carbocycles. The molecule has 20 heavy (non-hydrogen) atoms. The van der Waals surface area contributed by atoms with Crippen LogP contribution in [0.25, 0.3) is 10.8 Å². The summed E-state index contributed by atoms with van der Waals surface area (Å²) < 4.78 is 0. The van der Waals surface area contributed by atoms with E-state index in [0.717, 1.165) is 17.8 Å². The molecule has 0 nitrogen and oxygen atoms in total. The fourth-order valence-corrected chi connectivity index (χ4v) is 4.64. The van der Waals surface area contributed by atoms with Gasteiger partial charge in [-0.25, -0.2) is 0 Å². The summed E-state index contributed by atoms with van der Waals surface area (Å²) in [7, 11) is 0. The van der Waals surface area contributed by atoms with Crippen LogP contribution < -0.4 is 0 Å². The van der Waals surface area contributed by atoms with E-state index in [4.69, 9.17) is 0 Å². The van der Waals surface area contributed by atoms with Crippen LogP contribution >= 0.6 is 0 Å². The van der Waals surface area contributed by atoms with E-state index >= 15 is 0 Å². The number of hydrogen-bond donors (Lipinski definition) is 0. The highest BCUT2D eigenvalue weighted by Gasteiger charge is 2.31. The summed E-state index contributed by atoms with van der Waals surface area (Å²) >= 11 is 0. The number of hydrogen-bond acceptors (Lipinski definition) is 0. The molecule has 0 amide bonds.